The van der Waals surface area contributed by atoms with Crippen molar-refractivity contribution in [2.24, 2.45) is 0 Å². The molecule has 5 nitrogen and oxygen atoms in total. The summed E-state index contributed by atoms with van der Waals surface area (Å²) < 4.78 is 28.2. The maximum absolute atomic E-state index is 13.2. The monoisotopic (exact) mass is 436 g/mol. The zero-order valence-electron chi connectivity index (χ0n) is 14.9. The Bertz CT molecular complexity index is 1050. The van der Waals surface area contributed by atoms with Crippen LogP contribution in [0.4, 0.5) is 0 Å². The minimum atomic E-state index is -3.73. The predicted molar refractivity (Wildman–Crippen MR) is 106 cm³/mol. The Kier molecular flexibility index (Phi) is 4.98. The third-order valence-corrected chi connectivity index (χ3v) is 6.41. The lowest BCUT2D eigenvalue weighted by Gasteiger charge is -2.16. The van der Waals surface area contributed by atoms with Gasteiger partial charge in [-0.2, -0.15) is 0 Å². The Labute approximate surface area is 161 Å². The molecule has 26 heavy (non-hydrogen) atoms. The Morgan fingerprint density at radius 1 is 1.23 bits per heavy atom. The zero-order valence-corrected chi connectivity index (χ0v) is 17.3. The number of aliphatic hydroxyl groups is 1. The summed E-state index contributed by atoms with van der Waals surface area (Å²) in [6.07, 6.45) is 4.38. The summed E-state index contributed by atoms with van der Waals surface area (Å²) in [5.41, 5.74) is 1.59. The molecule has 1 aromatic carbocycles. The first-order valence-corrected chi connectivity index (χ1v) is 10.5. The van der Waals surface area contributed by atoms with E-state index in [0.717, 1.165) is 16.5 Å². The molecule has 7 heteroatoms. The van der Waals surface area contributed by atoms with Gasteiger partial charge in [0.2, 0.25) is 0 Å². The lowest BCUT2D eigenvalue weighted by molar-refractivity contribution is 0.0715. The molecule has 0 amide bonds. The quantitative estimate of drug-likeness (QED) is 0.612. The molecular weight excluding hydrogens is 416 g/mol. The molecule has 2 aromatic heterocycles. The van der Waals surface area contributed by atoms with Gasteiger partial charge >= 0.3 is 0 Å². The van der Waals surface area contributed by atoms with Crippen LogP contribution < -0.4 is 0 Å². The number of aryl methyl sites for hydroxylation is 2. The summed E-state index contributed by atoms with van der Waals surface area (Å²) in [6, 6.07) is 8.50. The Morgan fingerprint density at radius 2 is 1.88 bits per heavy atom. The van der Waals surface area contributed by atoms with Crippen LogP contribution >= 0.6 is 15.9 Å². The fourth-order valence-electron chi connectivity index (χ4n) is 2.79. The van der Waals surface area contributed by atoms with Crippen molar-refractivity contribution < 1.29 is 13.5 Å². The molecule has 0 radical (unpaired) electrons. The van der Waals surface area contributed by atoms with Gasteiger partial charge in [-0.3, -0.25) is 0 Å². The minimum Gasteiger partial charge on any atom is -0.390 e. The van der Waals surface area contributed by atoms with E-state index in [1.165, 1.54) is 3.97 Å². The average Bonchev–Trinajstić information content (AvgIpc) is 2.91. The van der Waals surface area contributed by atoms with Crippen LogP contribution in [0.2, 0.25) is 0 Å². The van der Waals surface area contributed by atoms with Crippen molar-refractivity contribution in [2.75, 3.05) is 0 Å². The van der Waals surface area contributed by atoms with Gasteiger partial charge in [-0.05, 0) is 73.3 Å². The molecule has 0 bridgehead atoms. The average molecular weight is 437 g/mol. The highest BCUT2D eigenvalue weighted by molar-refractivity contribution is 9.10. The summed E-state index contributed by atoms with van der Waals surface area (Å²) in [5, 5.41) is 10.8. The van der Waals surface area contributed by atoms with Gasteiger partial charge in [0.1, 0.15) is 4.60 Å². The van der Waals surface area contributed by atoms with Gasteiger partial charge in [-0.15, -0.1) is 0 Å². The number of pyridine rings is 1. The van der Waals surface area contributed by atoms with Crippen LogP contribution in [-0.4, -0.2) is 28.1 Å². The third kappa shape index (κ3) is 3.84. The third-order valence-electron chi connectivity index (χ3n) is 4.29. The molecule has 0 saturated carbocycles. The van der Waals surface area contributed by atoms with E-state index in [1.807, 2.05) is 6.92 Å². The van der Waals surface area contributed by atoms with E-state index < -0.39 is 15.6 Å². The van der Waals surface area contributed by atoms with Crippen LogP contribution in [0.3, 0.4) is 0 Å². The van der Waals surface area contributed by atoms with Crippen molar-refractivity contribution in [1.82, 2.24) is 8.96 Å². The molecule has 0 spiro atoms. The number of nitrogens with zero attached hydrogens (tertiary/aromatic N) is 2. The number of hydrogen-bond donors (Lipinski definition) is 1. The van der Waals surface area contributed by atoms with Gasteiger partial charge in [0.15, 0.2) is 0 Å². The molecule has 0 aliphatic carbocycles. The molecule has 3 aromatic rings. The second-order valence-electron chi connectivity index (χ2n) is 7.10. The van der Waals surface area contributed by atoms with Crippen molar-refractivity contribution >= 4 is 36.9 Å². The van der Waals surface area contributed by atoms with Gasteiger partial charge in [0.05, 0.1) is 16.0 Å². The molecule has 0 fully saturated rings. The SMILES string of the molecule is Cc1ccc(S(=O)(=O)n2cc(CCC(C)(C)O)c3cnc(Br)cc32)cc1. The smallest absolute Gasteiger partial charge is 0.268 e. The van der Waals surface area contributed by atoms with Crippen LogP contribution in [0.25, 0.3) is 10.9 Å². The first-order chi connectivity index (χ1) is 12.1. The second kappa shape index (κ2) is 6.79. The van der Waals surface area contributed by atoms with Crippen molar-refractivity contribution in [3.63, 3.8) is 0 Å². The highest BCUT2D eigenvalue weighted by Gasteiger charge is 2.23. The number of halogens is 1. The van der Waals surface area contributed by atoms with Gasteiger partial charge in [0, 0.05) is 17.8 Å². The second-order valence-corrected chi connectivity index (χ2v) is 9.73. The molecule has 0 atom stereocenters. The minimum absolute atomic E-state index is 0.238. The van der Waals surface area contributed by atoms with E-state index >= 15 is 0 Å². The maximum atomic E-state index is 13.2. The van der Waals surface area contributed by atoms with E-state index in [4.69, 9.17) is 0 Å². The summed E-state index contributed by atoms with van der Waals surface area (Å²) in [7, 11) is -3.73. The standard InChI is InChI=1S/C19H21BrN2O3S/c1-13-4-6-15(7-5-13)26(24,25)22-12-14(8-9-19(2,3)23)16-11-21-18(20)10-17(16)22/h4-7,10-12,23H,8-9H2,1-3H3. The maximum Gasteiger partial charge on any atom is 0.268 e. The van der Waals surface area contributed by atoms with Crippen LogP contribution in [-0.2, 0) is 16.4 Å². The molecule has 3 rings (SSSR count). The molecule has 2 heterocycles. The van der Waals surface area contributed by atoms with Crippen LogP contribution in [0.5, 0.6) is 0 Å². The lowest BCUT2D eigenvalue weighted by Crippen LogP contribution is -2.19. The Hall–Kier alpha value is -1.70. The molecular formula is C19H21BrN2O3S. The van der Waals surface area contributed by atoms with Gasteiger partial charge in [-0.1, -0.05) is 17.7 Å². The van der Waals surface area contributed by atoms with Gasteiger partial charge in [-0.25, -0.2) is 17.4 Å². The predicted octanol–water partition coefficient (Wildman–Crippen LogP) is 4.05. The topological polar surface area (TPSA) is 72.2 Å². The van der Waals surface area contributed by atoms with Crippen LogP contribution in [0.1, 0.15) is 31.4 Å². The van der Waals surface area contributed by atoms with Crippen molar-refractivity contribution in [2.45, 2.75) is 44.1 Å². The first-order valence-electron chi connectivity index (χ1n) is 8.28. The summed E-state index contributed by atoms with van der Waals surface area (Å²) in [4.78, 5) is 4.48. The van der Waals surface area contributed by atoms with Gasteiger partial charge in [0.25, 0.3) is 10.0 Å². The largest absolute Gasteiger partial charge is 0.390 e. The summed E-state index contributed by atoms with van der Waals surface area (Å²) >= 11 is 3.32. The molecule has 0 saturated heterocycles. The van der Waals surface area contributed by atoms with Crippen molar-refractivity contribution in [3.05, 3.63) is 58.5 Å². The highest BCUT2D eigenvalue weighted by Crippen LogP contribution is 2.29. The molecule has 0 unspecified atom stereocenters. The fourth-order valence-corrected chi connectivity index (χ4v) is 4.50. The van der Waals surface area contributed by atoms with E-state index in [-0.39, 0.29) is 4.90 Å². The first kappa shape index (κ1) is 19.1. The van der Waals surface area contributed by atoms with E-state index in [2.05, 4.69) is 20.9 Å². The lowest BCUT2D eigenvalue weighted by atomic mass is 9.99. The molecule has 0 aliphatic rings. The number of hydrogen-bond acceptors (Lipinski definition) is 4. The van der Waals surface area contributed by atoms with E-state index in [0.29, 0.717) is 23.0 Å². The molecule has 0 aliphatic heterocycles. The van der Waals surface area contributed by atoms with Crippen molar-refractivity contribution in [1.29, 1.82) is 0 Å². The normalized spacial score (nSPS) is 12.7. The Morgan fingerprint density at radius 3 is 2.50 bits per heavy atom. The van der Waals surface area contributed by atoms with Crippen LogP contribution in [0.15, 0.2) is 52.2 Å². The number of benzene rings is 1. The van der Waals surface area contributed by atoms with Crippen molar-refractivity contribution in [3.8, 4) is 0 Å². The van der Waals surface area contributed by atoms with E-state index in [9.17, 15) is 13.5 Å². The number of rotatable bonds is 5. The molecule has 138 valence electrons. The van der Waals surface area contributed by atoms with Gasteiger partial charge < -0.3 is 5.11 Å². The highest BCUT2D eigenvalue weighted by atomic mass is 79.9. The molecule has 1 N–H and O–H groups in total. The Balaban J connectivity index is 2.16. The summed E-state index contributed by atoms with van der Waals surface area (Å²) in [6.45, 7) is 5.40. The number of aromatic nitrogens is 2. The number of fused-ring (bicyclic) bond motifs is 1. The fraction of sp³-hybridized carbons (Fsp3) is 0.316. The summed E-state index contributed by atoms with van der Waals surface area (Å²) in [5.74, 6) is 0. The zero-order chi connectivity index (χ0) is 19.1. The van der Waals surface area contributed by atoms with E-state index in [1.54, 1.807) is 56.6 Å². The van der Waals surface area contributed by atoms with Crippen LogP contribution in [0, 0.1) is 6.92 Å².